The number of carbonyl (C=O) groups excluding carboxylic acids is 1. The lowest BCUT2D eigenvalue weighted by Gasteiger charge is -2.30. The van der Waals surface area contributed by atoms with Crippen LogP contribution in [-0.4, -0.2) is 31.7 Å². The van der Waals surface area contributed by atoms with Gasteiger partial charge in [0.1, 0.15) is 6.10 Å². The largest absolute Gasteiger partial charge is 0.376 e. The molecule has 1 saturated carbocycles. The number of ketones is 1. The first-order valence-corrected chi connectivity index (χ1v) is 6.00. The van der Waals surface area contributed by atoms with Crippen LogP contribution in [0.15, 0.2) is 0 Å². The molecule has 1 heterocycles. The Labute approximate surface area is 91.1 Å². The van der Waals surface area contributed by atoms with E-state index in [4.69, 9.17) is 9.47 Å². The summed E-state index contributed by atoms with van der Waals surface area (Å²) < 4.78 is 10.7. The van der Waals surface area contributed by atoms with Crippen LogP contribution < -0.4 is 0 Å². The second-order valence-electron chi connectivity index (χ2n) is 4.81. The third-order valence-electron chi connectivity index (χ3n) is 3.47. The molecule has 1 saturated heterocycles. The maximum Gasteiger partial charge on any atom is 0.167 e. The van der Waals surface area contributed by atoms with Crippen LogP contribution in [0.2, 0.25) is 0 Å². The van der Waals surface area contributed by atoms with E-state index in [2.05, 4.69) is 6.92 Å². The van der Waals surface area contributed by atoms with E-state index in [9.17, 15) is 4.79 Å². The summed E-state index contributed by atoms with van der Waals surface area (Å²) >= 11 is 0. The van der Waals surface area contributed by atoms with Gasteiger partial charge in [0.25, 0.3) is 0 Å². The van der Waals surface area contributed by atoms with Gasteiger partial charge in [0.2, 0.25) is 0 Å². The lowest BCUT2D eigenvalue weighted by molar-refractivity contribution is -0.150. The second-order valence-corrected chi connectivity index (χ2v) is 4.81. The molecule has 0 aromatic heterocycles. The fourth-order valence-electron chi connectivity index (χ4n) is 2.61. The van der Waals surface area contributed by atoms with Crippen LogP contribution in [0.1, 0.15) is 32.6 Å². The van der Waals surface area contributed by atoms with E-state index in [1.165, 1.54) is 12.8 Å². The number of carbonyl (C=O) groups is 1. The van der Waals surface area contributed by atoms with Gasteiger partial charge in [0.15, 0.2) is 5.78 Å². The fourth-order valence-corrected chi connectivity index (χ4v) is 2.61. The van der Waals surface area contributed by atoms with Crippen LogP contribution in [0, 0.1) is 11.8 Å². The predicted molar refractivity (Wildman–Crippen MR) is 56.7 cm³/mol. The zero-order valence-electron chi connectivity index (χ0n) is 9.41. The summed E-state index contributed by atoms with van der Waals surface area (Å²) in [7, 11) is 0. The molecule has 0 aromatic carbocycles. The summed E-state index contributed by atoms with van der Waals surface area (Å²) in [5.41, 5.74) is 0. The molecule has 0 bridgehead atoms. The lowest BCUT2D eigenvalue weighted by atomic mass is 9.79. The van der Waals surface area contributed by atoms with Crippen molar-refractivity contribution >= 4 is 5.78 Å². The fraction of sp³-hybridized carbons (Fsp3) is 0.917. The molecule has 1 aliphatic carbocycles. The normalized spacial score (nSPS) is 37.5. The first kappa shape index (κ1) is 11.1. The van der Waals surface area contributed by atoms with Gasteiger partial charge < -0.3 is 9.47 Å². The van der Waals surface area contributed by atoms with Gasteiger partial charge in [0.05, 0.1) is 19.8 Å². The van der Waals surface area contributed by atoms with E-state index in [0.29, 0.717) is 25.7 Å². The SMILES string of the molecule is CC1CCCC(C(=O)C2COCCO2)C1. The molecule has 0 radical (unpaired) electrons. The van der Waals surface area contributed by atoms with E-state index in [0.717, 1.165) is 12.8 Å². The lowest BCUT2D eigenvalue weighted by Crippen LogP contribution is -2.40. The summed E-state index contributed by atoms with van der Waals surface area (Å²) in [5, 5.41) is 0. The van der Waals surface area contributed by atoms with Crippen LogP contribution in [0.3, 0.4) is 0 Å². The molecule has 0 N–H and O–H groups in total. The molecule has 3 heteroatoms. The standard InChI is InChI=1S/C12H20O3/c1-9-3-2-4-10(7-9)12(13)11-8-14-5-6-15-11/h9-11H,2-8H2,1H3. The minimum atomic E-state index is -0.283. The number of Topliss-reactive ketones (excluding diaryl/α,β-unsaturated/α-hetero) is 1. The average Bonchev–Trinajstić information content (AvgIpc) is 2.29. The van der Waals surface area contributed by atoms with Crippen molar-refractivity contribution in [2.45, 2.75) is 38.7 Å². The third kappa shape index (κ3) is 2.79. The minimum absolute atomic E-state index is 0.223. The smallest absolute Gasteiger partial charge is 0.167 e. The van der Waals surface area contributed by atoms with Gasteiger partial charge >= 0.3 is 0 Å². The highest BCUT2D eigenvalue weighted by Gasteiger charge is 2.32. The van der Waals surface area contributed by atoms with Crippen LogP contribution in [0.25, 0.3) is 0 Å². The highest BCUT2D eigenvalue weighted by molar-refractivity contribution is 5.85. The second kappa shape index (κ2) is 5.08. The molecule has 0 aromatic rings. The van der Waals surface area contributed by atoms with Gasteiger partial charge in [-0.3, -0.25) is 4.79 Å². The molecular formula is C12H20O3. The number of hydrogen-bond acceptors (Lipinski definition) is 3. The summed E-state index contributed by atoms with van der Waals surface area (Å²) in [6.07, 6.45) is 4.26. The zero-order valence-corrected chi connectivity index (χ0v) is 9.41. The Balaban J connectivity index is 1.88. The highest BCUT2D eigenvalue weighted by atomic mass is 16.6. The zero-order chi connectivity index (χ0) is 10.7. The van der Waals surface area contributed by atoms with Gasteiger partial charge in [-0.2, -0.15) is 0 Å². The van der Waals surface area contributed by atoms with E-state index >= 15 is 0 Å². The van der Waals surface area contributed by atoms with Crippen molar-refractivity contribution in [3.05, 3.63) is 0 Å². The molecule has 1 aliphatic heterocycles. The summed E-state index contributed by atoms with van der Waals surface area (Å²) in [4.78, 5) is 12.1. The monoisotopic (exact) mass is 212 g/mol. The maximum atomic E-state index is 12.1. The predicted octanol–water partition coefficient (Wildman–Crippen LogP) is 1.80. The van der Waals surface area contributed by atoms with Gasteiger partial charge in [0, 0.05) is 5.92 Å². The summed E-state index contributed by atoms with van der Waals surface area (Å²) in [5.74, 6) is 1.19. The van der Waals surface area contributed by atoms with Gasteiger partial charge in [-0.15, -0.1) is 0 Å². The quantitative estimate of drug-likeness (QED) is 0.700. The van der Waals surface area contributed by atoms with Crippen molar-refractivity contribution in [1.82, 2.24) is 0 Å². The topological polar surface area (TPSA) is 35.5 Å². The van der Waals surface area contributed by atoms with Crippen molar-refractivity contribution in [1.29, 1.82) is 0 Å². The Morgan fingerprint density at radius 3 is 2.80 bits per heavy atom. The Morgan fingerprint density at radius 1 is 1.27 bits per heavy atom. The first-order chi connectivity index (χ1) is 7.27. The molecule has 15 heavy (non-hydrogen) atoms. The van der Waals surface area contributed by atoms with Crippen molar-refractivity contribution in [2.24, 2.45) is 11.8 Å². The van der Waals surface area contributed by atoms with E-state index < -0.39 is 0 Å². The molecule has 3 nitrogen and oxygen atoms in total. The van der Waals surface area contributed by atoms with E-state index in [1.807, 2.05) is 0 Å². The Hall–Kier alpha value is -0.410. The van der Waals surface area contributed by atoms with Crippen LogP contribution in [-0.2, 0) is 14.3 Å². The molecule has 0 spiro atoms. The van der Waals surface area contributed by atoms with Crippen LogP contribution in [0.5, 0.6) is 0 Å². The Kier molecular flexibility index (Phi) is 3.76. The van der Waals surface area contributed by atoms with Crippen LogP contribution in [0.4, 0.5) is 0 Å². The van der Waals surface area contributed by atoms with Crippen molar-refractivity contribution in [3.63, 3.8) is 0 Å². The van der Waals surface area contributed by atoms with Gasteiger partial charge in [-0.1, -0.05) is 19.8 Å². The third-order valence-corrected chi connectivity index (χ3v) is 3.47. The minimum Gasteiger partial charge on any atom is -0.376 e. The molecule has 2 aliphatic rings. The Morgan fingerprint density at radius 2 is 2.13 bits per heavy atom. The maximum absolute atomic E-state index is 12.1. The van der Waals surface area contributed by atoms with Gasteiger partial charge in [-0.25, -0.2) is 0 Å². The molecule has 2 rings (SSSR count). The molecule has 2 fully saturated rings. The first-order valence-electron chi connectivity index (χ1n) is 6.00. The van der Waals surface area contributed by atoms with Crippen molar-refractivity contribution in [2.75, 3.05) is 19.8 Å². The molecule has 0 amide bonds. The number of ether oxygens (including phenoxy) is 2. The van der Waals surface area contributed by atoms with Crippen LogP contribution >= 0.6 is 0 Å². The summed E-state index contributed by atoms with van der Waals surface area (Å²) in [6, 6.07) is 0. The molecule has 86 valence electrons. The van der Waals surface area contributed by atoms with E-state index in [-0.39, 0.29) is 17.8 Å². The highest BCUT2D eigenvalue weighted by Crippen LogP contribution is 2.30. The number of hydrogen-bond donors (Lipinski definition) is 0. The van der Waals surface area contributed by atoms with Crippen molar-refractivity contribution in [3.8, 4) is 0 Å². The number of rotatable bonds is 2. The van der Waals surface area contributed by atoms with Crippen molar-refractivity contribution < 1.29 is 14.3 Å². The molecular weight excluding hydrogens is 192 g/mol. The Bertz CT molecular complexity index is 221. The average molecular weight is 212 g/mol. The van der Waals surface area contributed by atoms with E-state index in [1.54, 1.807) is 0 Å². The molecule has 3 unspecified atom stereocenters. The summed E-state index contributed by atoms with van der Waals surface area (Å²) in [6.45, 7) is 3.89. The molecule has 3 atom stereocenters. The van der Waals surface area contributed by atoms with Gasteiger partial charge in [-0.05, 0) is 18.8 Å².